The molecule has 0 saturated carbocycles. The summed E-state index contributed by atoms with van der Waals surface area (Å²) in [6.07, 6.45) is 3.31. The van der Waals surface area contributed by atoms with Gasteiger partial charge in [-0.25, -0.2) is 8.78 Å². The van der Waals surface area contributed by atoms with Gasteiger partial charge in [0.25, 0.3) is 0 Å². The van der Waals surface area contributed by atoms with Crippen LogP contribution >= 0.6 is 11.8 Å². The molecule has 26 heavy (non-hydrogen) atoms. The van der Waals surface area contributed by atoms with Crippen LogP contribution in [0.1, 0.15) is 6.92 Å². The Balaban J connectivity index is 1.71. The van der Waals surface area contributed by atoms with Gasteiger partial charge in [-0.1, -0.05) is 11.8 Å². The third kappa shape index (κ3) is 3.88. The van der Waals surface area contributed by atoms with Gasteiger partial charge in [-0.05, 0) is 31.2 Å². The average molecular weight is 375 g/mol. The highest BCUT2D eigenvalue weighted by molar-refractivity contribution is 8.00. The standard InChI is InChI=1S/C17H15F2N5OS/c1-10(16(25)21-14-4-3-12(18)9-13(14)19)26-17-23-22-15(24(17)2)11-5-7-20-8-6-11/h3-10H,1-2H3,(H,21,25)/t10-/m1/s1. The summed E-state index contributed by atoms with van der Waals surface area (Å²) >= 11 is 1.19. The van der Waals surface area contributed by atoms with E-state index in [1.807, 2.05) is 12.1 Å². The number of hydrogen-bond donors (Lipinski definition) is 1. The van der Waals surface area contributed by atoms with Crippen molar-refractivity contribution in [1.29, 1.82) is 0 Å². The molecule has 6 nitrogen and oxygen atoms in total. The summed E-state index contributed by atoms with van der Waals surface area (Å²) in [7, 11) is 1.79. The molecule has 1 aromatic carbocycles. The number of carbonyl (C=O) groups is 1. The fourth-order valence-corrected chi connectivity index (χ4v) is 3.02. The molecule has 3 aromatic rings. The lowest BCUT2D eigenvalue weighted by Gasteiger charge is -2.12. The van der Waals surface area contributed by atoms with Gasteiger partial charge in [0.05, 0.1) is 10.9 Å². The molecule has 1 amide bonds. The zero-order valence-electron chi connectivity index (χ0n) is 14.0. The highest BCUT2D eigenvalue weighted by Crippen LogP contribution is 2.26. The number of pyridine rings is 1. The molecular weight excluding hydrogens is 360 g/mol. The maximum atomic E-state index is 13.7. The molecule has 0 aliphatic carbocycles. The topological polar surface area (TPSA) is 72.7 Å². The number of halogens is 2. The number of aromatic nitrogens is 4. The van der Waals surface area contributed by atoms with E-state index >= 15 is 0 Å². The van der Waals surface area contributed by atoms with Crippen LogP contribution in [0.3, 0.4) is 0 Å². The van der Waals surface area contributed by atoms with E-state index in [1.54, 1.807) is 30.9 Å². The van der Waals surface area contributed by atoms with Crippen molar-refractivity contribution in [1.82, 2.24) is 19.7 Å². The summed E-state index contributed by atoms with van der Waals surface area (Å²) in [4.78, 5) is 16.2. The minimum Gasteiger partial charge on any atom is -0.323 e. The Morgan fingerprint density at radius 1 is 1.19 bits per heavy atom. The molecule has 0 aliphatic rings. The number of thioether (sulfide) groups is 1. The number of benzene rings is 1. The van der Waals surface area contributed by atoms with Crippen molar-refractivity contribution in [3.63, 3.8) is 0 Å². The predicted octanol–water partition coefficient (Wildman–Crippen LogP) is 3.27. The number of anilines is 1. The van der Waals surface area contributed by atoms with Crippen molar-refractivity contribution in [2.24, 2.45) is 7.05 Å². The highest BCUT2D eigenvalue weighted by Gasteiger charge is 2.20. The monoisotopic (exact) mass is 375 g/mol. The minimum absolute atomic E-state index is 0.0701. The lowest BCUT2D eigenvalue weighted by Crippen LogP contribution is -2.23. The van der Waals surface area contributed by atoms with Crippen LogP contribution in [0.4, 0.5) is 14.5 Å². The first-order valence-corrected chi connectivity index (χ1v) is 8.56. The van der Waals surface area contributed by atoms with Gasteiger partial charge in [0.1, 0.15) is 11.6 Å². The average Bonchev–Trinajstić information content (AvgIpc) is 2.98. The Hall–Kier alpha value is -2.81. The summed E-state index contributed by atoms with van der Waals surface area (Å²) < 4.78 is 28.4. The molecule has 2 heterocycles. The van der Waals surface area contributed by atoms with Crippen LogP contribution in [-0.2, 0) is 11.8 Å². The van der Waals surface area contributed by atoms with Gasteiger partial charge in [-0.15, -0.1) is 10.2 Å². The van der Waals surface area contributed by atoms with Gasteiger partial charge in [0.15, 0.2) is 11.0 Å². The molecule has 0 bridgehead atoms. The Bertz CT molecular complexity index is 932. The molecule has 0 radical (unpaired) electrons. The molecule has 1 N–H and O–H groups in total. The molecule has 0 aliphatic heterocycles. The van der Waals surface area contributed by atoms with Gasteiger partial charge in [0.2, 0.25) is 5.91 Å². The molecule has 134 valence electrons. The lowest BCUT2D eigenvalue weighted by atomic mass is 10.2. The minimum atomic E-state index is -0.825. The zero-order valence-corrected chi connectivity index (χ0v) is 14.8. The fourth-order valence-electron chi connectivity index (χ4n) is 2.21. The van der Waals surface area contributed by atoms with Crippen LogP contribution in [0.25, 0.3) is 11.4 Å². The smallest absolute Gasteiger partial charge is 0.237 e. The van der Waals surface area contributed by atoms with Crippen molar-refractivity contribution >= 4 is 23.4 Å². The van der Waals surface area contributed by atoms with Gasteiger partial charge in [0, 0.05) is 31.1 Å². The van der Waals surface area contributed by atoms with Crippen LogP contribution in [0, 0.1) is 11.6 Å². The van der Waals surface area contributed by atoms with E-state index in [4.69, 9.17) is 0 Å². The quantitative estimate of drug-likeness (QED) is 0.693. The third-order valence-corrected chi connectivity index (χ3v) is 4.75. The number of nitrogens with one attached hydrogen (secondary N) is 1. The van der Waals surface area contributed by atoms with E-state index in [0.29, 0.717) is 11.0 Å². The SMILES string of the molecule is C[C@@H](Sc1nnc(-c2ccncc2)n1C)C(=O)Nc1ccc(F)cc1F. The van der Waals surface area contributed by atoms with Gasteiger partial charge in [-0.3, -0.25) is 9.78 Å². The second-order valence-corrected chi connectivity index (χ2v) is 6.78. The molecule has 9 heteroatoms. The molecular formula is C17H15F2N5OS. The summed E-state index contributed by atoms with van der Waals surface area (Å²) in [5.41, 5.74) is 0.784. The first-order valence-electron chi connectivity index (χ1n) is 7.68. The van der Waals surface area contributed by atoms with Crippen molar-refractivity contribution < 1.29 is 13.6 Å². The summed E-state index contributed by atoms with van der Waals surface area (Å²) in [6, 6.07) is 6.61. The Kier molecular flexibility index (Phi) is 5.27. The van der Waals surface area contributed by atoms with Crippen LogP contribution in [-0.4, -0.2) is 30.9 Å². The van der Waals surface area contributed by atoms with Gasteiger partial charge in [-0.2, -0.15) is 0 Å². The Morgan fingerprint density at radius 2 is 1.92 bits per heavy atom. The number of rotatable bonds is 5. The molecule has 2 aromatic heterocycles. The summed E-state index contributed by atoms with van der Waals surface area (Å²) in [6.45, 7) is 1.67. The molecule has 1 atom stereocenters. The number of hydrogen-bond acceptors (Lipinski definition) is 5. The van der Waals surface area contributed by atoms with E-state index in [0.717, 1.165) is 17.7 Å². The van der Waals surface area contributed by atoms with Crippen molar-refractivity contribution in [2.75, 3.05) is 5.32 Å². The van der Waals surface area contributed by atoms with E-state index in [9.17, 15) is 13.6 Å². The molecule has 0 spiro atoms. The van der Waals surface area contributed by atoms with Crippen LogP contribution in [0.15, 0.2) is 47.9 Å². The number of nitrogens with zero attached hydrogens (tertiary/aromatic N) is 4. The predicted molar refractivity (Wildman–Crippen MR) is 94.5 cm³/mol. The lowest BCUT2D eigenvalue weighted by molar-refractivity contribution is -0.115. The second kappa shape index (κ2) is 7.61. The van der Waals surface area contributed by atoms with Crippen LogP contribution in [0.5, 0.6) is 0 Å². The first kappa shape index (κ1) is 18.0. The van der Waals surface area contributed by atoms with Crippen molar-refractivity contribution in [3.8, 4) is 11.4 Å². The maximum Gasteiger partial charge on any atom is 0.237 e. The van der Waals surface area contributed by atoms with Gasteiger partial charge < -0.3 is 9.88 Å². The molecule has 3 rings (SSSR count). The zero-order chi connectivity index (χ0) is 18.7. The normalized spacial score (nSPS) is 12.0. The summed E-state index contributed by atoms with van der Waals surface area (Å²) in [5, 5.41) is 10.7. The molecule has 0 saturated heterocycles. The van der Waals surface area contributed by atoms with Crippen LogP contribution in [0.2, 0.25) is 0 Å². The van der Waals surface area contributed by atoms with Crippen molar-refractivity contribution in [2.45, 2.75) is 17.3 Å². The molecule has 0 unspecified atom stereocenters. The molecule has 0 fully saturated rings. The van der Waals surface area contributed by atoms with E-state index in [1.165, 1.54) is 17.8 Å². The van der Waals surface area contributed by atoms with Crippen LogP contribution < -0.4 is 5.32 Å². The maximum absolute atomic E-state index is 13.7. The third-order valence-electron chi connectivity index (χ3n) is 3.61. The highest BCUT2D eigenvalue weighted by atomic mass is 32.2. The Morgan fingerprint density at radius 3 is 2.62 bits per heavy atom. The number of carbonyl (C=O) groups excluding carboxylic acids is 1. The largest absolute Gasteiger partial charge is 0.323 e. The first-order chi connectivity index (χ1) is 12.5. The summed E-state index contributed by atoms with van der Waals surface area (Å²) in [5.74, 6) is -1.30. The second-order valence-electron chi connectivity index (χ2n) is 5.47. The fraction of sp³-hybridized carbons (Fsp3) is 0.176. The van der Waals surface area contributed by atoms with E-state index in [2.05, 4.69) is 20.5 Å². The van der Waals surface area contributed by atoms with E-state index < -0.39 is 22.8 Å². The van der Waals surface area contributed by atoms with Gasteiger partial charge >= 0.3 is 0 Å². The Labute approximate surface area is 152 Å². The van der Waals surface area contributed by atoms with Crippen molar-refractivity contribution in [3.05, 3.63) is 54.4 Å². The van der Waals surface area contributed by atoms with E-state index in [-0.39, 0.29) is 5.69 Å². The number of amides is 1.